The molecule has 1 aromatic heterocycles. The van der Waals surface area contributed by atoms with E-state index in [1.165, 1.54) is 5.56 Å². The average Bonchev–Trinajstić information content (AvgIpc) is 2.81. The molecule has 1 heterocycles. The number of nitrogens with zero attached hydrogens (tertiary/aromatic N) is 3. The zero-order valence-electron chi connectivity index (χ0n) is 15.1. The Balaban J connectivity index is 2.68. The number of hydrogen-bond donors (Lipinski definition) is 2. The van der Waals surface area contributed by atoms with E-state index in [9.17, 15) is 0 Å². The first-order valence-electron chi connectivity index (χ1n) is 8.25. The van der Waals surface area contributed by atoms with Crippen LogP contribution in [-0.2, 0) is 22.6 Å². The number of rotatable bonds is 10. The van der Waals surface area contributed by atoms with Crippen molar-refractivity contribution in [2.24, 2.45) is 4.99 Å². The molecule has 0 radical (unpaired) electrons. The van der Waals surface area contributed by atoms with Gasteiger partial charge in [0.1, 0.15) is 0 Å². The second kappa shape index (κ2) is 11.0. The van der Waals surface area contributed by atoms with Crippen molar-refractivity contribution >= 4 is 5.96 Å². The van der Waals surface area contributed by atoms with Crippen molar-refractivity contribution in [3.05, 3.63) is 17.0 Å². The van der Waals surface area contributed by atoms with Crippen LogP contribution < -0.4 is 10.6 Å². The topological polar surface area (TPSA) is 72.7 Å². The monoisotopic (exact) mass is 325 g/mol. The average molecular weight is 325 g/mol. The summed E-state index contributed by atoms with van der Waals surface area (Å²) in [7, 11) is 1.70. The van der Waals surface area contributed by atoms with Gasteiger partial charge in [-0.25, -0.2) is 4.99 Å². The van der Waals surface area contributed by atoms with Crippen LogP contribution in [0.1, 0.15) is 30.8 Å². The summed E-state index contributed by atoms with van der Waals surface area (Å²) in [6.07, 6.45) is 0. The Hall–Kier alpha value is -1.60. The maximum absolute atomic E-state index is 5.33. The van der Waals surface area contributed by atoms with E-state index >= 15 is 0 Å². The highest BCUT2D eigenvalue weighted by Crippen LogP contribution is 2.14. The highest BCUT2D eigenvalue weighted by Gasteiger charge is 2.11. The number of guanidine groups is 1. The molecule has 2 N–H and O–H groups in total. The lowest BCUT2D eigenvalue weighted by Crippen LogP contribution is -2.39. The lowest BCUT2D eigenvalue weighted by Gasteiger charge is -2.11. The molecule has 132 valence electrons. The first-order valence-corrected chi connectivity index (χ1v) is 8.25. The summed E-state index contributed by atoms with van der Waals surface area (Å²) in [4.78, 5) is 4.65. The molecule has 0 aromatic carbocycles. The Morgan fingerprint density at radius 1 is 1.22 bits per heavy atom. The van der Waals surface area contributed by atoms with Crippen LogP contribution >= 0.6 is 0 Å². The Kier molecular flexibility index (Phi) is 9.31. The quantitative estimate of drug-likeness (QED) is 0.385. The summed E-state index contributed by atoms with van der Waals surface area (Å²) in [6, 6.07) is 0. The molecule has 1 rings (SSSR count). The zero-order valence-corrected chi connectivity index (χ0v) is 15.1. The molecular weight excluding hydrogens is 294 g/mol. The third-order valence-electron chi connectivity index (χ3n) is 3.52. The minimum atomic E-state index is 0.606. The molecule has 0 saturated carbocycles. The molecule has 7 heteroatoms. The zero-order chi connectivity index (χ0) is 17.1. The largest absolute Gasteiger partial charge is 0.383 e. The van der Waals surface area contributed by atoms with Crippen molar-refractivity contribution < 1.29 is 9.47 Å². The van der Waals surface area contributed by atoms with Crippen LogP contribution in [-0.4, -0.2) is 55.8 Å². The molecule has 0 atom stereocenters. The molecule has 0 unspecified atom stereocenters. The first-order chi connectivity index (χ1) is 11.1. The van der Waals surface area contributed by atoms with Crippen LogP contribution in [0, 0.1) is 13.8 Å². The van der Waals surface area contributed by atoms with E-state index in [0.29, 0.717) is 19.8 Å². The van der Waals surface area contributed by atoms with Crippen LogP contribution in [0.15, 0.2) is 4.99 Å². The van der Waals surface area contributed by atoms with E-state index in [-0.39, 0.29) is 0 Å². The van der Waals surface area contributed by atoms with E-state index in [1.807, 2.05) is 18.5 Å². The second-order valence-corrected chi connectivity index (χ2v) is 5.18. The van der Waals surface area contributed by atoms with Crippen LogP contribution in [0.3, 0.4) is 0 Å². The normalized spacial score (nSPS) is 11.8. The molecule has 7 nitrogen and oxygen atoms in total. The maximum atomic E-state index is 5.33. The van der Waals surface area contributed by atoms with Crippen molar-refractivity contribution in [2.75, 3.05) is 40.0 Å². The lowest BCUT2D eigenvalue weighted by atomic mass is 10.2. The van der Waals surface area contributed by atoms with Gasteiger partial charge in [-0.05, 0) is 27.7 Å². The molecule has 1 aromatic rings. The van der Waals surface area contributed by atoms with E-state index < -0.39 is 0 Å². The maximum Gasteiger partial charge on any atom is 0.191 e. The third-order valence-corrected chi connectivity index (χ3v) is 3.52. The fourth-order valence-corrected chi connectivity index (χ4v) is 2.24. The van der Waals surface area contributed by atoms with E-state index in [0.717, 1.165) is 43.6 Å². The van der Waals surface area contributed by atoms with Gasteiger partial charge < -0.3 is 20.1 Å². The Morgan fingerprint density at radius 3 is 2.65 bits per heavy atom. The number of aromatic nitrogens is 2. The highest BCUT2D eigenvalue weighted by atomic mass is 16.5. The van der Waals surface area contributed by atoms with E-state index in [1.54, 1.807) is 7.11 Å². The summed E-state index contributed by atoms with van der Waals surface area (Å²) < 4.78 is 12.4. The SMILES string of the molecule is CCNC(=NCc1c(C)nn(CCOC)c1C)NCCOCC. The number of aryl methyl sites for hydroxylation is 1. The van der Waals surface area contributed by atoms with Gasteiger partial charge in [0.25, 0.3) is 0 Å². The Bertz CT molecular complexity index is 485. The summed E-state index contributed by atoms with van der Waals surface area (Å²) in [5, 5.41) is 11.1. The van der Waals surface area contributed by atoms with Gasteiger partial charge in [0.15, 0.2) is 5.96 Å². The fourth-order valence-electron chi connectivity index (χ4n) is 2.24. The minimum absolute atomic E-state index is 0.606. The molecule has 23 heavy (non-hydrogen) atoms. The van der Waals surface area contributed by atoms with Gasteiger partial charge in [-0.2, -0.15) is 5.10 Å². The van der Waals surface area contributed by atoms with Gasteiger partial charge in [0.05, 0.1) is 32.0 Å². The number of nitrogens with one attached hydrogen (secondary N) is 2. The molecule has 0 aliphatic carbocycles. The fraction of sp³-hybridized carbons (Fsp3) is 0.750. The van der Waals surface area contributed by atoms with Gasteiger partial charge in [0.2, 0.25) is 0 Å². The summed E-state index contributed by atoms with van der Waals surface area (Å²) >= 11 is 0. The standard InChI is InChI=1S/C16H31N5O2/c1-6-17-16(18-8-10-23-7-2)19-12-15-13(3)20-21(14(15)4)9-11-22-5/h6-12H2,1-5H3,(H2,17,18,19). The molecule has 0 aliphatic rings. The number of ether oxygens (including phenoxy) is 2. The molecule has 0 aliphatic heterocycles. The van der Waals surface area contributed by atoms with Crippen molar-refractivity contribution in [2.45, 2.75) is 40.8 Å². The van der Waals surface area contributed by atoms with Crippen LogP contribution in [0.4, 0.5) is 0 Å². The van der Waals surface area contributed by atoms with Crippen LogP contribution in [0.2, 0.25) is 0 Å². The summed E-state index contributed by atoms with van der Waals surface area (Å²) in [5.74, 6) is 0.802. The molecular formula is C16H31N5O2. The first kappa shape index (κ1) is 19.4. The smallest absolute Gasteiger partial charge is 0.191 e. The molecule has 0 saturated heterocycles. The van der Waals surface area contributed by atoms with Crippen LogP contribution in [0.5, 0.6) is 0 Å². The number of methoxy groups -OCH3 is 1. The predicted octanol–water partition coefficient (Wildman–Crippen LogP) is 1.24. The molecule has 0 spiro atoms. The van der Waals surface area contributed by atoms with Gasteiger partial charge in [0, 0.05) is 38.1 Å². The van der Waals surface area contributed by atoms with Crippen LogP contribution in [0.25, 0.3) is 0 Å². The third kappa shape index (κ3) is 6.58. The Labute approximate surface area is 139 Å². The van der Waals surface area contributed by atoms with Gasteiger partial charge >= 0.3 is 0 Å². The number of aliphatic imine (C=N–C) groups is 1. The second-order valence-electron chi connectivity index (χ2n) is 5.18. The van der Waals surface area contributed by atoms with E-state index in [2.05, 4.69) is 34.6 Å². The number of hydrogen-bond acceptors (Lipinski definition) is 4. The molecule has 0 fully saturated rings. The van der Waals surface area contributed by atoms with Gasteiger partial charge in [-0.1, -0.05) is 0 Å². The highest BCUT2D eigenvalue weighted by molar-refractivity contribution is 5.79. The summed E-state index contributed by atoms with van der Waals surface area (Å²) in [6.45, 7) is 13.1. The van der Waals surface area contributed by atoms with Crippen molar-refractivity contribution in [3.8, 4) is 0 Å². The predicted molar refractivity (Wildman–Crippen MR) is 92.9 cm³/mol. The van der Waals surface area contributed by atoms with Gasteiger partial charge in [-0.15, -0.1) is 0 Å². The van der Waals surface area contributed by atoms with Crippen molar-refractivity contribution in [1.82, 2.24) is 20.4 Å². The molecule has 0 bridgehead atoms. The lowest BCUT2D eigenvalue weighted by molar-refractivity contribution is 0.152. The van der Waals surface area contributed by atoms with E-state index in [4.69, 9.17) is 9.47 Å². The van der Waals surface area contributed by atoms with Crippen molar-refractivity contribution in [1.29, 1.82) is 0 Å². The van der Waals surface area contributed by atoms with Gasteiger partial charge in [-0.3, -0.25) is 4.68 Å². The molecule has 0 amide bonds. The summed E-state index contributed by atoms with van der Waals surface area (Å²) in [5.41, 5.74) is 3.34. The van der Waals surface area contributed by atoms with Crippen molar-refractivity contribution in [3.63, 3.8) is 0 Å². The Morgan fingerprint density at radius 2 is 2.00 bits per heavy atom. The minimum Gasteiger partial charge on any atom is -0.383 e.